The monoisotopic (exact) mass is 224 g/mol. The van der Waals surface area contributed by atoms with Gasteiger partial charge < -0.3 is 15.7 Å². The highest BCUT2D eigenvalue weighted by atomic mass is 16.3. The summed E-state index contributed by atoms with van der Waals surface area (Å²) in [6.45, 7) is 8.64. The average Bonchev–Trinajstić information content (AvgIpc) is 2.11. The predicted molar refractivity (Wildman–Crippen MR) is 65.4 cm³/mol. The molecule has 0 amide bonds. The van der Waals surface area contributed by atoms with Crippen LogP contribution in [0.1, 0.15) is 26.6 Å². The number of nitrogen functional groups attached to an aromatic ring is 1. The zero-order valence-electron chi connectivity index (χ0n) is 10.4. The second kappa shape index (κ2) is 4.65. The zero-order valence-corrected chi connectivity index (χ0v) is 10.4. The second-order valence-electron chi connectivity index (χ2n) is 4.52. The Balaban J connectivity index is 2.95. The van der Waals surface area contributed by atoms with E-state index in [1.54, 1.807) is 26.8 Å². The Labute approximate surface area is 96.3 Å². The van der Waals surface area contributed by atoms with Gasteiger partial charge in [0, 0.05) is 19.2 Å². The highest BCUT2D eigenvalue weighted by Crippen LogP contribution is 2.16. The highest BCUT2D eigenvalue weighted by Gasteiger charge is 2.18. The van der Waals surface area contributed by atoms with E-state index in [2.05, 4.69) is 9.97 Å². The topological polar surface area (TPSA) is 75.3 Å². The molecule has 0 saturated heterocycles. The molecule has 0 aromatic carbocycles. The van der Waals surface area contributed by atoms with Crippen LogP contribution in [0, 0.1) is 6.92 Å². The van der Waals surface area contributed by atoms with Gasteiger partial charge in [-0.05, 0) is 27.7 Å². The molecule has 0 fully saturated rings. The van der Waals surface area contributed by atoms with Gasteiger partial charge in [-0.25, -0.2) is 9.97 Å². The molecule has 5 heteroatoms. The number of nitrogens with two attached hydrogens (primary N) is 1. The molecule has 0 aliphatic heterocycles. The molecule has 1 aromatic heterocycles. The van der Waals surface area contributed by atoms with Gasteiger partial charge in [-0.3, -0.25) is 0 Å². The van der Waals surface area contributed by atoms with Crippen LogP contribution in [0.4, 0.5) is 11.6 Å². The summed E-state index contributed by atoms with van der Waals surface area (Å²) in [6.07, 6.45) is 0. The molecule has 0 unspecified atom stereocenters. The van der Waals surface area contributed by atoms with E-state index in [9.17, 15) is 5.11 Å². The van der Waals surface area contributed by atoms with Crippen molar-refractivity contribution in [3.63, 3.8) is 0 Å². The summed E-state index contributed by atoms with van der Waals surface area (Å²) >= 11 is 0. The number of aromatic nitrogens is 2. The van der Waals surface area contributed by atoms with Crippen LogP contribution in [0.5, 0.6) is 0 Å². The average molecular weight is 224 g/mol. The lowest BCUT2D eigenvalue weighted by Gasteiger charge is -2.29. The van der Waals surface area contributed by atoms with E-state index in [0.717, 1.165) is 12.4 Å². The maximum atomic E-state index is 9.80. The van der Waals surface area contributed by atoms with Gasteiger partial charge in [-0.1, -0.05) is 0 Å². The van der Waals surface area contributed by atoms with E-state index in [-0.39, 0.29) is 0 Å². The minimum atomic E-state index is -0.760. The number of rotatable bonds is 4. The Kier molecular flexibility index (Phi) is 3.70. The number of aryl methyl sites for hydroxylation is 1. The van der Waals surface area contributed by atoms with Gasteiger partial charge in [0.15, 0.2) is 0 Å². The van der Waals surface area contributed by atoms with E-state index >= 15 is 0 Å². The van der Waals surface area contributed by atoms with Crippen molar-refractivity contribution in [2.45, 2.75) is 33.3 Å². The van der Waals surface area contributed by atoms with Crippen molar-refractivity contribution in [2.24, 2.45) is 0 Å². The molecule has 0 atom stereocenters. The fraction of sp³-hybridized carbons (Fsp3) is 0.636. The van der Waals surface area contributed by atoms with Gasteiger partial charge in [0.25, 0.3) is 0 Å². The van der Waals surface area contributed by atoms with Crippen LogP contribution in [0.3, 0.4) is 0 Å². The van der Waals surface area contributed by atoms with E-state index in [1.807, 2.05) is 11.8 Å². The maximum Gasteiger partial charge on any atom is 0.134 e. The SMILES string of the molecule is CCN(CC(C)(C)O)c1cc(N)nc(C)n1. The van der Waals surface area contributed by atoms with Crippen LogP contribution in [0.15, 0.2) is 6.07 Å². The van der Waals surface area contributed by atoms with Crippen LogP contribution in [-0.4, -0.2) is 33.8 Å². The number of aliphatic hydroxyl groups is 1. The third kappa shape index (κ3) is 3.66. The quantitative estimate of drug-likeness (QED) is 0.797. The predicted octanol–water partition coefficient (Wildman–Crippen LogP) is 0.964. The lowest BCUT2D eigenvalue weighted by molar-refractivity contribution is 0.0874. The second-order valence-corrected chi connectivity index (χ2v) is 4.52. The third-order valence-electron chi connectivity index (χ3n) is 2.13. The molecule has 0 radical (unpaired) electrons. The molecule has 0 bridgehead atoms. The van der Waals surface area contributed by atoms with Gasteiger partial charge in [0.1, 0.15) is 17.5 Å². The minimum Gasteiger partial charge on any atom is -0.389 e. The first-order valence-electron chi connectivity index (χ1n) is 5.40. The summed E-state index contributed by atoms with van der Waals surface area (Å²) in [5.74, 6) is 1.86. The Morgan fingerprint density at radius 3 is 2.50 bits per heavy atom. The van der Waals surface area contributed by atoms with Gasteiger partial charge in [-0.15, -0.1) is 0 Å². The van der Waals surface area contributed by atoms with Crippen LogP contribution in [-0.2, 0) is 0 Å². The summed E-state index contributed by atoms with van der Waals surface area (Å²) in [6, 6.07) is 1.72. The molecule has 1 rings (SSSR count). The number of anilines is 2. The molecule has 1 heterocycles. The van der Waals surface area contributed by atoms with E-state index in [4.69, 9.17) is 5.73 Å². The lowest BCUT2D eigenvalue weighted by Crippen LogP contribution is -2.39. The van der Waals surface area contributed by atoms with Crippen molar-refractivity contribution in [3.8, 4) is 0 Å². The smallest absolute Gasteiger partial charge is 0.134 e. The molecule has 90 valence electrons. The molecule has 5 nitrogen and oxygen atoms in total. The summed E-state index contributed by atoms with van der Waals surface area (Å²) in [7, 11) is 0. The Morgan fingerprint density at radius 2 is 2.06 bits per heavy atom. The zero-order chi connectivity index (χ0) is 12.3. The number of nitrogens with zero attached hydrogens (tertiary/aromatic N) is 3. The van der Waals surface area contributed by atoms with E-state index in [1.165, 1.54) is 0 Å². The molecule has 0 saturated carbocycles. The molecule has 0 aliphatic carbocycles. The van der Waals surface area contributed by atoms with Crippen LogP contribution in [0.2, 0.25) is 0 Å². The Morgan fingerprint density at radius 1 is 1.44 bits per heavy atom. The third-order valence-corrected chi connectivity index (χ3v) is 2.13. The number of hydrogen-bond donors (Lipinski definition) is 2. The van der Waals surface area contributed by atoms with Crippen LogP contribution >= 0.6 is 0 Å². The summed E-state index contributed by atoms with van der Waals surface area (Å²) < 4.78 is 0. The molecule has 16 heavy (non-hydrogen) atoms. The van der Waals surface area contributed by atoms with Crippen LogP contribution in [0.25, 0.3) is 0 Å². The fourth-order valence-corrected chi connectivity index (χ4v) is 1.56. The molecule has 3 N–H and O–H groups in total. The van der Waals surface area contributed by atoms with E-state index in [0.29, 0.717) is 18.2 Å². The van der Waals surface area contributed by atoms with E-state index < -0.39 is 5.60 Å². The van der Waals surface area contributed by atoms with Gasteiger partial charge in [-0.2, -0.15) is 0 Å². The standard InChI is InChI=1S/C11H20N4O/c1-5-15(7-11(3,4)16)10-6-9(12)13-8(2)14-10/h6,16H,5,7H2,1-4H3,(H2,12,13,14). The van der Waals surface area contributed by atoms with Gasteiger partial charge in [0.05, 0.1) is 5.60 Å². The van der Waals surface area contributed by atoms with Gasteiger partial charge in [0.2, 0.25) is 0 Å². The molecule has 1 aromatic rings. The van der Waals surface area contributed by atoms with Crippen molar-refractivity contribution >= 4 is 11.6 Å². The first kappa shape index (κ1) is 12.7. The first-order valence-corrected chi connectivity index (χ1v) is 5.40. The largest absolute Gasteiger partial charge is 0.389 e. The van der Waals surface area contributed by atoms with Gasteiger partial charge >= 0.3 is 0 Å². The normalized spacial score (nSPS) is 11.6. The van der Waals surface area contributed by atoms with Crippen molar-refractivity contribution < 1.29 is 5.11 Å². The minimum absolute atomic E-state index is 0.455. The number of likely N-dealkylation sites (N-methyl/N-ethyl adjacent to an activating group) is 1. The Bertz CT molecular complexity index is 339. The highest BCUT2D eigenvalue weighted by molar-refractivity contribution is 5.47. The van der Waals surface area contributed by atoms with Crippen molar-refractivity contribution in [3.05, 3.63) is 11.9 Å². The fourth-order valence-electron chi connectivity index (χ4n) is 1.56. The van der Waals surface area contributed by atoms with Crippen molar-refractivity contribution in [1.29, 1.82) is 0 Å². The first-order chi connectivity index (χ1) is 7.31. The lowest BCUT2D eigenvalue weighted by atomic mass is 10.1. The van der Waals surface area contributed by atoms with Crippen molar-refractivity contribution in [1.82, 2.24) is 9.97 Å². The number of hydrogen-bond acceptors (Lipinski definition) is 5. The van der Waals surface area contributed by atoms with Crippen LogP contribution < -0.4 is 10.6 Å². The summed E-state index contributed by atoms with van der Waals surface area (Å²) in [5, 5.41) is 9.80. The molecule has 0 spiro atoms. The molecular weight excluding hydrogens is 204 g/mol. The summed E-state index contributed by atoms with van der Waals surface area (Å²) in [4.78, 5) is 10.3. The summed E-state index contributed by atoms with van der Waals surface area (Å²) in [5.41, 5.74) is 4.92. The van der Waals surface area contributed by atoms with Crippen molar-refractivity contribution in [2.75, 3.05) is 23.7 Å². The Hall–Kier alpha value is -1.36. The molecule has 0 aliphatic rings. The molecular formula is C11H20N4O. The maximum absolute atomic E-state index is 9.80.